The smallest absolute Gasteiger partial charge is 0.0762 e. The number of nitrogen functional groups attached to an aromatic ring is 1. The molecule has 3 N–H and O–H groups in total. The highest BCUT2D eigenvalue weighted by molar-refractivity contribution is 5.51. The van der Waals surface area contributed by atoms with E-state index in [1.165, 1.54) is 37.7 Å². The van der Waals surface area contributed by atoms with Crippen LogP contribution in [0.15, 0.2) is 18.2 Å². The predicted octanol–water partition coefficient (Wildman–Crippen LogP) is 3.37. The standard InChI is InChI=1S/C14H21NO/c1-10(16)12-7-8-13(14(15)9-12)11-5-3-2-4-6-11/h7-11,16H,2-6,15H2,1H3/t10-/m0/s1. The molecule has 2 rings (SSSR count). The molecule has 1 aliphatic carbocycles. The topological polar surface area (TPSA) is 46.2 Å². The van der Waals surface area contributed by atoms with Gasteiger partial charge in [-0.25, -0.2) is 0 Å². The highest BCUT2D eigenvalue weighted by atomic mass is 16.3. The molecule has 0 aliphatic heterocycles. The summed E-state index contributed by atoms with van der Waals surface area (Å²) in [5.41, 5.74) is 9.13. The van der Waals surface area contributed by atoms with Gasteiger partial charge < -0.3 is 10.8 Å². The van der Waals surface area contributed by atoms with E-state index in [1.54, 1.807) is 6.92 Å². The van der Waals surface area contributed by atoms with Crippen LogP contribution in [0.4, 0.5) is 5.69 Å². The van der Waals surface area contributed by atoms with Gasteiger partial charge in [0.25, 0.3) is 0 Å². The van der Waals surface area contributed by atoms with E-state index in [4.69, 9.17) is 5.73 Å². The molecule has 1 aromatic carbocycles. The molecule has 0 amide bonds. The molecule has 0 unspecified atom stereocenters. The number of nitrogens with two attached hydrogens (primary N) is 1. The third kappa shape index (κ3) is 2.38. The zero-order chi connectivity index (χ0) is 11.5. The second-order valence-corrected chi connectivity index (χ2v) is 4.90. The van der Waals surface area contributed by atoms with Gasteiger partial charge in [-0.3, -0.25) is 0 Å². The first-order chi connectivity index (χ1) is 7.68. The fourth-order valence-corrected chi connectivity index (χ4v) is 2.64. The second kappa shape index (κ2) is 4.88. The minimum atomic E-state index is -0.428. The molecule has 88 valence electrons. The van der Waals surface area contributed by atoms with E-state index in [1.807, 2.05) is 12.1 Å². The molecule has 16 heavy (non-hydrogen) atoms. The molecule has 1 aromatic rings. The van der Waals surface area contributed by atoms with Crippen LogP contribution in [-0.4, -0.2) is 5.11 Å². The van der Waals surface area contributed by atoms with Crippen LogP contribution in [0.3, 0.4) is 0 Å². The van der Waals surface area contributed by atoms with Gasteiger partial charge in [0, 0.05) is 5.69 Å². The molecule has 0 aromatic heterocycles. The van der Waals surface area contributed by atoms with E-state index in [2.05, 4.69) is 6.07 Å². The van der Waals surface area contributed by atoms with Crippen LogP contribution in [0.2, 0.25) is 0 Å². The Morgan fingerprint density at radius 3 is 2.50 bits per heavy atom. The molecule has 0 radical (unpaired) electrons. The SMILES string of the molecule is C[C@H](O)c1ccc(C2CCCCC2)c(N)c1. The Balaban J connectivity index is 2.21. The molecule has 0 heterocycles. The minimum Gasteiger partial charge on any atom is -0.398 e. The third-order valence-corrected chi connectivity index (χ3v) is 3.64. The van der Waals surface area contributed by atoms with Gasteiger partial charge in [0.05, 0.1) is 6.10 Å². The number of anilines is 1. The number of aliphatic hydroxyl groups excluding tert-OH is 1. The lowest BCUT2D eigenvalue weighted by molar-refractivity contribution is 0.199. The van der Waals surface area contributed by atoms with E-state index < -0.39 is 6.10 Å². The van der Waals surface area contributed by atoms with Gasteiger partial charge in [-0.2, -0.15) is 0 Å². The van der Waals surface area contributed by atoms with Crippen molar-refractivity contribution < 1.29 is 5.11 Å². The number of aliphatic hydroxyl groups is 1. The lowest BCUT2D eigenvalue weighted by Crippen LogP contribution is -2.08. The van der Waals surface area contributed by atoms with Crippen LogP contribution in [0.25, 0.3) is 0 Å². The Bertz CT molecular complexity index is 354. The first-order valence-electron chi connectivity index (χ1n) is 6.26. The molecular weight excluding hydrogens is 198 g/mol. The quantitative estimate of drug-likeness (QED) is 0.749. The van der Waals surface area contributed by atoms with Crippen LogP contribution in [0.1, 0.15) is 62.2 Å². The molecule has 2 nitrogen and oxygen atoms in total. The van der Waals surface area contributed by atoms with Gasteiger partial charge in [-0.05, 0) is 42.9 Å². The van der Waals surface area contributed by atoms with E-state index >= 15 is 0 Å². The van der Waals surface area contributed by atoms with Crippen LogP contribution in [0, 0.1) is 0 Å². The Morgan fingerprint density at radius 2 is 1.94 bits per heavy atom. The van der Waals surface area contributed by atoms with E-state index in [-0.39, 0.29) is 0 Å². The summed E-state index contributed by atoms with van der Waals surface area (Å²) in [6.07, 6.45) is 6.10. The van der Waals surface area contributed by atoms with Crippen molar-refractivity contribution in [1.29, 1.82) is 0 Å². The van der Waals surface area contributed by atoms with E-state index in [9.17, 15) is 5.11 Å². The summed E-state index contributed by atoms with van der Waals surface area (Å²) in [7, 11) is 0. The lowest BCUT2D eigenvalue weighted by atomic mass is 9.83. The third-order valence-electron chi connectivity index (χ3n) is 3.64. The maximum Gasteiger partial charge on any atom is 0.0762 e. The van der Waals surface area contributed by atoms with Gasteiger partial charge >= 0.3 is 0 Å². The van der Waals surface area contributed by atoms with Crippen molar-refractivity contribution in [1.82, 2.24) is 0 Å². The first kappa shape index (κ1) is 11.5. The highest BCUT2D eigenvalue weighted by Gasteiger charge is 2.18. The van der Waals surface area contributed by atoms with Crippen molar-refractivity contribution in [3.8, 4) is 0 Å². The van der Waals surface area contributed by atoms with Gasteiger partial charge in [0.2, 0.25) is 0 Å². The number of rotatable bonds is 2. The van der Waals surface area contributed by atoms with Gasteiger partial charge in [-0.1, -0.05) is 31.4 Å². The molecule has 2 heteroatoms. The Hall–Kier alpha value is -1.02. The Morgan fingerprint density at radius 1 is 1.25 bits per heavy atom. The highest BCUT2D eigenvalue weighted by Crippen LogP contribution is 2.36. The average molecular weight is 219 g/mol. The van der Waals surface area contributed by atoms with Crippen LogP contribution in [-0.2, 0) is 0 Å². The molecule has 1 saturated carbocycles. The monoisotopic (exact) mass is 219 g/mol. The molecule has 0 bridgehead atoms. The summed E-state index contributed by atoms with van der Waals surface area (Å²) in [5, 5.41) is 9.49. The fraction of sp³-hybridized carbons (Fsp3) is 0.571. The molecule has 1 fully saturated rings. The molecule has 1 aliphatic rings. The predicted molar refractivity (Wildman–Crippen MR) is 67.3 cm³/mol. The van der Waals surface area contributed by atoms with Gasteiger partial charge in [0.15, 0.2) is 0 Å². The van der Waals surface area contributed by atoms with Crippen molar-refractivity contribution in [3.05, 3.63) is 29.3 Å². The van der Waals surface area contributed by atoms with E-state index in [0.29, 0.717) is 5.92 Å². The Labute approximate surface area is 97.5 Å². The summed E-state index contributed by atoms with van der Waals surface area (Å²) in [6.45, 7) is 1.77. The maximum atomic E-state index is 9.49. The number of hydrogen-bond acceptors (Lipinski definition) is 2. The summed E-state index contributed by atoms with van der Waals surface area (Å²) in [6, 6.07) is 6.03. The summed E-state index contributed by atoms with van der Waals surface area (Å²) in [5.74, 6) is 0.636. The van der Waals surface area contributed by atoms with Crippen molar-refractivity contribution in [2.75, 3.05) is 5.73 Å². The number of benzene rings is 1. The summed E-state index contributed by atoms with van der Waals surface area (Å²) >= 11 is 0. The zero-order valence-corrected chi connectivity index (χ0v) is 9.95. The molecular formula is C14H21NO. The van der Waals surface area contributed by atoms with Gasteiger partial charge in [0.1, 0.15) is 0 Å². The molecule has 0 saturated heterocycles. The maximum absolute atomic E-state index is 9.49. The summed E-state index contributed by atoms with van der Waals surface area (Å²) < 4.78 is 0. The summed E-state index contributed by atoms with van der Waals surface area (Å²) in [4.78, 5) is 0. The van der Waals surface area contributed by atoms with Crippen molar-refractivity contribution in [3.63, 3.8) is 0 Å². The Kier molecular flexibility index (Phi) is 3.49. The largest absolute Gasteiger partial charge is 0.398 e. The fourth-order valence-electron chi connectivity index (χ4n) is 2.64. The minimum absolute atomic E-state index is 0.428. The average Bonchev–Trinajstić information content (AvgIpc) is 2.30. The normalized spacial score (nSPS) is 19.6. The lowest BCUT2D eigenvalue weighted by Gasteiger charge is -2.23. The first-order valence-corrected chi connectivity index (χ1v) is 6.26. The van der Waals surface area contributed by atoms with Gasteiger partial charge in [-0.15, -0.1) is 0 Å². The van der Waals surface area contributed by atoms with Crippen molar-refractivity contribution in [2.24, 2.45) is 0 Å². The van der Waals surface area contributed by atoms with Crippen LogP contribution in [0.5, 0.6) is 0 Å². The molecule has 0 spiro atoms. The van der Waals surface area contributed by atoms with Crippen molar-refractivity contribution in [2.45, 2.75) is 51.0 Å². The van der Waals surface area contributed by atoms with E-state index in [0.717, 1.165) is 11.3 Å². The molecule has 1 atom stereocenters. The van der Waals surface area contributed by atoms with Crippen LogP contribution < -0.4 is 5.73 Å². The van der Waals surface area contributed by atoms with Crippen LogP contribution >= 0.6 is 0 Å². The number of hydrogen-bond donors (Lipinski definition) is 2. The zero-order valence-electron chi connectivity index (χ0n) is 9.95. The van der Waals surface area contributed by atoms with Crippen molar-refractivity contribution >= 4 is 5.69 Å². The second-order valence-electron chi connectivity index (χ2n) is 4.90.